The molecule has 0 heterocycles. The molecular weight excluding hydrogens is 600 g/mol. The molecule has 12 heteroatoms. The number of amides is 2. The fourth-order valence-corrected chi connectivity index (χ4v) is 5.57. The number of sulfonamides is 1. The van der Waals surface area contributed by atoms with Crippen molar-refractivity contribution < 1.29 is 22.4 Å². The maximum absolute atomic E-state index is 14.8. The van der Waals surface area contributed by atoms with Crippen LogP contribution in [0, 0.1) is 5.82 Å². The molecule has 3 rings (SSSR count). The van der Waals surface area contributed by atoms with Gasteiger partial charge in [0.1, 0.15) is 18.4 Å². The van der Waals surface area contributed by atoms with Crippen LogP contribution in [0.1, 0.15) is 24.5 Å². The second-order valence-corrected chi connectivity index (χ2v) is 12.2. The lowest BCUT2D eigenvalue weighted by Gasteiger charge is -2.33. The molecule has 0 saturated carbocycles. The van der Waals surface area contributed by atoms with Crippen LogP contribution in [-0.4, -0.2) is 50.5 Å². The standard InChI is InChI=1S/C28H29Cl3FN3O4S/c1-3-13-33-28(37)26(14-19-9-5-4-6-10-19)34(17-20-11-7-8-12-24(20)32)27(36)18-35(40(2,38)39)25-16-22(30)21(29)15-23(25)31/h4-12,15-16,26H,3,13-14,17-18H2,1-2H3,(H,33,37)/t26-/m0/s1. The van der Waals surface area contributed by atoms with E-state index < -0.39 is 40.2 Å². The predicted molar refractivity (Wildman–Crippen MR) is 158 cm³/mol. The first kappa shape index (κ1) is 31.7. The number of carbonyl (C=O) groups is 2. The van der Waals surface area contributed by atoms with Crippen LogP contribution in [0.4, 0.5) is 10.1 Å². The van der Waals surface area contributed by atoms with Crippen molar-refractivity contribution >= 4 is 62.3 Å². The number of nitrogens with zero attached hydrogens (tertiary/aromatic N) is 2. The minimum atomic E-state index is -4.07. The number of carbonyl (C=O) groups excluding carboxylic acids is 2. The monoisotopic (exact) mass is 627 g/mol. The molecule has 0 aliphatic rings. The molecule has 0 saturated heterocycles. The van der Waals surface area contributed by atoms with Crippen LogP contribution in [0.15, 0.2) is 66.7 Å². The number of rotatable bonds is 12. The van der Waals surface area contributed by atoms with Gasteiger partial charge >= 0.3 is 0 Å². The van der Waals surface area contributed by atoms with Gasteiger partial charge in [-0.05, 0) is 30.2 Å². The van der Waals surface area contributed by atoms with Crippen molar-refractivity contribution in [3.8, 4) is 0 Å². The molecule has 214 valence electrons. The predicted octanol–water partition coefficient (Wildman–Crippen LogP) is 5.72. The highest BCUT2D eigenvalue weighted by Crippen LogP contribution is 2.35. The topological polar surface area (TPSA) is 86.8 Å². The van der Waals surface area contributed by atoms with E-state index in [-0.39, 0.29) is 39.3 Å². The molecule has 1 N–H and O–H groups in total. The first-order valence-corrected chi connectivity index (χ1v) is 15.4. The molecule has 7 nitrogen and oxygen atoms in total. The minimum absolute atomic E-state index is 0.0336. The smallest absolute Gasteiger partial charge is 0.244 e. The van der Waals surface area contributed by atoms with E-state index >= 15 is 0 Å². The summed E-state index contributed by atoms with van der Waals surface area (Å²) in [7, 11) is -4.07. The molecule has 0 unspecified atom stereocenters. The largest absolute Gasteiger partial charge is 0.354 e. The molecule has 0 aromatic heterocycles. The highest BCUT2D eigenvalue weighted by atomic mass is 35.5. The summed E-state index contributed by atoms with van der Waals surface area (Å²) in [5.41, 5.74) is 0.862. The lowest BCUT2D eigenvalue weighted by Crippen LogP contribution is -2.53. The molecule has 2 amide bonds. The summed E-state index contributed by atoms with van der Waals surface area (Å²) in [4.78, 5) is 28.6. The second kappa shape index (κ2) is 14.2. The number of halogens is 4. The highest BCUT2D eigenvalue weighted by molar-refractivity contribution is 7.92. The summed E-state index contributed by atoms with van der Waals surface area (Å²) in [5, 5.41) is 2.91. The Morgan fingerprint density at radius 3 is 2.20 bits per heavy atom. The lowest BCUT2D eigenvalue weighted by atomic mass is 10.0. The van der Waals surface area contributed by atoms with Crippen molar-refractivity contribution in [3.63, 3.8) is 0 Å². The van der Waals surface area contributed by atoms with E-state index in [1.807, 2.05) is 25.1 Å². The van der Waals surface area contributed by atoms with Gasteiger partial charge in [0.15, 0.2) is 0 Å². The summed E-state index contributed by atoms with van der Waals surface area (Å²) in [6.45, 7) is 1.24. The molecule has 0 aliphatic heterocycles. The molecule has 0 spiro atoms. The van der Waals surface area contributed by atoms with Gasteiger partial charge in [-0.25, -0.2) is 12.8 Å². The third-order valence-corrected chi connectivity index (χ3v) is 8.21. The molecule has 3 aromatic carbocycles. The zero-order chi connectivity index (χ0) is 29.4. The van der Waals surface area contributed by atoms with E-state index in [2.05, 4.69) is 5.32 Å². The Bertz CT molecular complexity index is 1460. The van der Waals surface area contributed by atoms with Crippen LogP contribution in [-0.2, 0) is 32.6 Å². The summed E-state index contributed by atoms with van der Waals surface area (Å²) < 4.78 is 41.3. The number of benzene rings is 3. The van der Waals surface area contributed by atoms with Crippen molar-refractivity contribution in [2.75, 3.05) is 23.7 Å². The van der Waals surface area contributed by atoms with Crippen LogP contribution in [0.25, 0.3) is 0 Å². The van der Waals surface area contributed by atoms with Crippen LogP contribution in [0.3, 0.4) is 0 Å². The average molecular weight is 629 g/mol. The van der Waals surface area contributed by atoms with Gasteiger partial charge in [0.25, 0.3) is 0 Å². The summed E-state index contributed by atoms with van der Waals surface area (Å²) in [5.74, 6) is -1.77. The van der Waals surface area contributed by atoms with E-state index in [4.69, 9.17) is 34.8 Å². The zero-order valence-corrected chi connectivity index (χ0v) is 25.0. The zero-order valence-electron chi connectivity index (χ0n) is 21.9. The van der Waals surface area contributed by atoms with Crippen molar-refractivity contribution in [3.05, 3.63) is 98.7 Å². The number of hydrogen-bond donors (Lipinski definition) is 1. The van der Waals surface area contributed by atoms with E-state index in [0.717, 1.165) is 16.1 Å². The van der Waals surface area contributed by atoms with E-state index in [1.54, 1.807) is 18.2 Å². The van der Waals surface area contributed by atoms with Gasteiger partial charge in [-0.1, -0.05) is 90.3 Å². The SMILES string of the molecule is CCCNC(=O)[C@H](Cc1ccccc1)N(Cc1ccccc1F)C(=O)CN(c1cc(Cl)c(Cl)cc1Cl)S(C)(=O)=O. The molecule has 0 bridgehead atoms. The summed E-state index contributed by atoms with van der Waals surface area (Å²) in [6.07, 6.45) is 1.68. The van der Waals surface area contributed by atoms with E-state index in [1.165, 1.54) is 35.2 Å². The van der Waals surface area contributed by atoms with Crippen molar-refractivity contribution in [2.45, 2.75) is 32.4 Å². The van der Waals surface area contributed by atoms with Crippen molar-refractivity contribution in [1.82, 2.24) is 10.2 Å². The summed E-state index contributed by atoms with van der Waals surface area (Å²) in [6, 6.07) is 16.4. The van der Waals surface area contributed by atoms with Gasteiger partial charge in [-0.3, -0.25) is 13.9 Å². The molecule has 0 aliphatic carbocycles. The Morgan fingerprint density at radius 2 is 1.57 bits per heavy atom. The van der Waals surface area contributed by atoms with Gasteiger partial charge < -0.3 is 10.2 Å². The summed E-state index contributed by atoms with van der Waals surface area (Å²) >= 11 is 18.5. The van der Waals surface area contributed by atoms with Crippen LogP contribution >= 0.6 is 34.8 Å². The van der Waals surface area contributed by atoms with Crippen LogP contribution in [0.2, 0.25) is 15.1 Å². The van der Waals surface area contributed by atoms with Gasteiger partial charge in [0, 0.05) is 25.1 Å². The lowest BCUT2D eigenvalue weighted by molar-refractivity contribution is -0.140. The molecule has 0 fully saturated rings. The Labute approximate surface area is 248 Å². The third-order valence-electron chi connectivity index (χ3n) is 6.06. The number of nitrogens with one attached hydrogen (secondary N) is 1. The van der Waals surface area contributed by atoms with Gasteiger partial charge in [-0.2, -0.15) is 0 Å². The Morgan fingerprint density at radius 1 is 0.950 bits per heavy atom. The first-order chi connectivity index (χ1) is 18.9. The Hall–Kier alpha value is -2.85. The van der Waals surface area contributed by atoms with E-state index in [0.29, 0.717) is 13.0 Å². The Balaban J connectivity index is 2.09. The van der Waals surface area contributed by atoms with Crippen LogP contribution in [0.5, 0.6) is 0 Å². The van der Waals surface area contributed by atoms with Gasteiger partial charge in [-0.15, -0.1) is 0 Å². The molecule has 0 radical (unpaired) electrons. The molecule has 1 atom stereocenters. The first-order valence-electron chi connectivity index (χ1n) is 12.4. The second-order valence-electron chi connectivity index (χ2n) is 9.10. The number of anilines is 1. The van der Waals surface area contributed by atoms with E-state index in [9.17, 15) is 22.4 Å². The molecular formula is C28H29Cl3FN3O4S. The van der Waals surface area contributed by atoms with Crippen molar-refractivity contribution in [1.29, 1.82) is 0 Å². The average Bonchev–Trinajstić information content (AvgIpc) is 2.91. The minimum Gasteiger partial charge on any atom is -0.354 e. The number of hydrogen-bond acceptors (Lipinski definition) is 4. The van der Waals surface area contributed by atoms with Gasteiger partial charge in [0.2, 0.25) is 21.8 Å². The van der Waals surface area contributed by atoms with Crippen molar-refractivity contribution in [2.24, 2.45) is 0 Å². The normalized spacial score (nSPS) is 12.1. The fourth-order valence-electron chi connectivity index (χ4n) is 4.03. The highest BCUT2D eigenvalue weighted by Gasteiger charge is 2.34. The fraction of sp³-hybridized carbons (Fsp3) is 0.286. The third kappa shape index (κ3) is 8.33. The molecule has 3 aromatic rings. The Kier molecular flexibility index (Phi) is 11.2. The van der Waals surface area contributed by atoms with Gasteiger partial charge in [0.05, 0.1) is 27.0 Å². The quantitative estimate of drug-likeness (QED) is 0.260. The molecule has 40 heavy (non-hydrogen) atoms. The maximum atomic E-state index is 14.8. The van der Waals surface area contributed by atoms with Crippen LogP contribution < -0.4 is 9.62 Å². The maximum Gasteiger partial charge on any atom is 0.244 e.